The van der Waals surface area contributed by atoms with E-state index >= 15 is 0 Å². The van der Waals surface area contributed by atoms with E-state index in [9.17, 15) is 14.0 Å². The van der Waals surface area contributed by atoms with Crippen LogP contribution in [0.3, 0.4) is 0 Å². The molecule has 7 nitrogen and oxygen atoms in total. The van der Waals surface area contributed by atoms with Crippen LogP contribution in [0.15, 0.2) is 78.4 Å². The van der Waals surface area contributed by atoms with E-state index in [2.05, 4.69) is 39.7 Å². The Hall–Kier alpha value is -3.95. The monoisotopic (exact) mass is 615 g/mol. The lowest BCUT2D eigenvalue weighted by atomic mass is 10.0. The summed E-state index contributed by atoms with van der Waals surface area (Å²) in [6.45, 7) is 9.53. The minimum atomic E-state index is -1.42. The molecule has 1 unspecified atom stereocenters. The van der Waals surface area contributed by atoms with Crippen molar-refractivity contribution in [2.45, 2.75) is 65.2 Å². The zero-order chi connectivity index (χ0) is 31.5. The van der Waals surface area contributed by atoms with E-state index in [0.29, 0.717) is 42.9 Å². The predicted molar refractivity (Wildman–Crippen MR) is 175 cm³/mol. The highest BCUT2D eigenvalue weighted by Gasteiger charge is 2.32. The first-order valence-electron chi connectivity index (χ1n) is 15.1. The molecule has 0 saturated carbocycles. The number of benzene rings is 2. The number of aryl methyl sites for hydroxylation is 2. The van der Waals surface area contributed by atoms with Crippen molar-refractivity contribution in [2.24, 2.45) is 0 Å². The second-order valence-electron chi connectivity index (χ2n) is 11.6. The zero-order valence-electron chi connectivity index (χ0n) is 26.0. The van der Waals surface area contributed by atoms with Crippen LogP contribution in [0.4, 0.5) is 4.39 Å². The Labute approximate surface area is 264 Å². The van der Waals surface area contributed by atoms with Gasteiger partial charge < -0.3 is 15.5 Å². The van der Waals surface area contributed by atoms with Crippen molar-refractivity contribution in [1.82, 2.24) is 25.5 Å². The van der Waals surface area contributed by atoms with Gasteiger partial charge in [0.15, 0.2) is 0 Å². The number of rotatable bonds is 10. The minimum Gasteiger partial charge on any atom is -0.352 e. The molecule has 0 bridgehead atoms. The van der Waals surface area contributed by atoms with E-state index in [0.717, 1.165) is 35.5 Å². The highest BCUT2D eigenvalue weighted by atomic mass is 32.1. The fraction of sp³-hybridized carbons (Fsp3) is 0.371. The second-order valence-corrected chi connectivity index (χ2v) is 12.4. The summed E-state index contributed by atoms with van der Waals surface area (Å²) in [7, 11) is 0. The Morgan fingerprint density at radius 1 is 1.02 bits per heavy atom. The molecule has 0 aliphatic carbocycles. The number of thiazole rings is 1. The summed E-state index contributed by atoms with van der Waals surface area (Å²) < 4.78 is 14.1. The number of alkyl halides is 1. The van der Waals surface area contributed by atoms with Crippen LogP contribution in [0.2, 0.25) is 0 Å². The van der Waals surface area contributed by atoms with Crippen LogP contribution < -0.4 is 10.6 Å². The van der Waals surface area contributed by atoms with E-state index < -0.39 is 5.67 Å². The predicted octanol–water partition coefficient (Wildman–Crippen LogP) is 6.93. The van der Waals surface area contributed by atoms with Gasteiger partial charge in [0, 0.05) is 59.8 Å². The number of nitrogens with one attached hydrogen (secondary N) is 2. The number of hydrogen-bond donors (Lipinski definition) is 2. The molecule has 1 saturated heterocycles. The molecule has 0 spiro atoms. The van der Waals surface area contributed by atoms with Gasteiger partial charge in [-0.1, -0.05) is 42.0 Å². The fourth-order valence-corrected chi connectivity index (χ4v) is 5.89. The number of nitrogens with zero attached hydrogens (tertiary/aromatic N) is 3. The van der Waals surface area contributed by atoms with Crippen molar-refractivity contribution >= 4 is 23.2 Å². The SMILES string of the molecule is Cc1ccccc1.Cc1csc(C2CCCN2C(=O)c2cccc(C(=O)NCCCNCc3cncc(C(C)(C)F)c3)c2)n1. The van der Waals surface area contributed by atoms with Gasteiger partial charge in [-0.2, -0.15) is 0 Å². The number of amides is 2. The molecule has 1 fully saturated rings. The third-order valence-electron chi connectivity index (χ3n) is 7.37. The zero-order valence-corrected chi connectivity index (χ0v) is 26.8. The van der Waals surface area contributed by atoms with Crippen LogP contribution in [-0.2, 0) is 12.2 Å². The largest absolute Gasteiger partial charge is 0.352 e. The molecule has 5 rings (SSSR count). The number of pyridine rings is 1. The summed E-state index contributed by atoms with van der Waals surface area (Å²) in [5, 5.41) is 9.21. The van der Waals surface area contributed by atoms with Gasteiger partial charge in [0.25, 0.3) is 11.8 Å². The molecule has 4 aromatic rings. The molecular formula is C35H42FN5O2S. The summed E-state index contributed by atoms with van der Waals surface area (Å²) in [4.78, 5) is 36.6. The maximum atomic E-state index is 14.1. The van der Waals surface area contributed by atoms with Gasteiger partial charge in [0.1, 0.15) is 10.7 Å². The molecule has 3 heterocycles. The maximum absolute atomic E-state index is 14.1. The topological polar surface area (TPSA) is 87.2 Å². The van der Waals surface area contributed by atoms with Crippen LogP contribution in [0.1, 0.15) is 87.3 Å². The fourth-order valence-electron chi connectivity index (χ4n) is 4.94. The molecule has 44 heavy (non-hydrogen) atoms. The van der Waals surface area contributed by atoms with Gasteiger partial charge in [-0.15, -0.1) is 11.3 Å². The van der Waals surface area contributed by atoms with E-state index in [1.54, 1.807) is 48.0 Å². The van der Waals surface area contributed by atoms with Crippen molar-refractivity contribution in [3.63, 3.8) is 0 Å². The van der Waals surface area contributed by atoms with Crippen LogP contribution >= 0.6 is 11.3 Å². The van der Waals surface area contributed by atoms with E-state index in [4.69, 9.17) is 0 Å². The number of likely N-dealkylation sites (tertiary alicyclic amines) is 1. The standard InChI is InChI=1S/C28H34FN5O2S.C7H8/c1-19-18-37-26(33-19)24-9-5-12-34(24)27(36)22-8-4-7-21(14-22)25(35)32-11-6-10-30-15-20-13-23(17-31-16-20)28(2,3)29;1-7-5-3-2-4-6-7/h4,7-8,13-14,16-18,24,30H,5-6,9-12,15H2,1-3H3,(H,32,35);2-6H,1H3. The van der Waals surface area contributed by atoms with Crippen LogP contribution in [-0.4, -0.2) is 46.3 Å². The summed E-state index contributed by atoms with van der Waals surface area (Å²) in [6.07, 6.45) is 5.85. The maximum Gasteiger partial charge on any atom is 0.254 e. The Morgan fingerprint density at radius 2 is 1.80 bits per heavy atom. The molecule has 0 radical (unpaired) electrons. The van der Waals surface area contributed by atoms with E-state index in [1.165, 1.54) is 19.4 Å². The van der Waals surface area contributed by atoms with Gasteiger partial charge in [0.2, 0.25) is 0 Å². The Kier molecular flexibility index (Phi) is 11.7. The minimum absolute atomic E-state index is 0.00194. The third kappa shape index (κ3) is 9.53. The van der Waals surface area contributed by atoms with Gasteiger partial charge >= 0.3 is 0 Å². The van der Waals surface area contributed by atoms with Crippen molar-refractivity contribution < 1.29 is 14.0 Å². The summed E-state index contributed by atoms with van der Waals surface area (Å²) in [6, 6.07) is 19.0. The second kappa shape index (κ2) is 15.7. The number of halogens is 1. The average molecular weight is 616 g/mol. The first-order valence-corrected chi connectivity index (χ1v) is 16.0. The molecule has 1 atom stereocenters. The van der Waals surface area contributed by atoms with E-state index in [-0.39, 0.29) is 17.9 Å². The summed E-state index contributed by atoms with van der Waals surface area (Å²) >= 11 is 1.59. The lowest BCUT2D eigenvalue weighted by molar-refractivity contribution is 0.0735. The Balaban J connectivity index is 0.000000555. The van der Waals surface area contributed by atoms with Crippen molar-refractivity contribution in [3.05, 3.63) is 117 Å². The van der Waals surface area contributed by atoms with Crippen LogP contribution in [0.5, 0.6) is 0 Å². The molecule has 1 aliphatic heterocycles. The lowest BCUT2D eigenvalue weighted by Crippen LogP contribution is -2.31. The number of carbonyl (C=O) groups is 2. The van der Waals surface area contributed by atoms with Gasteiger partial charge in [0.05, 0.1) is 6.04 Å². The average Bonchev–Trinajstić information content (AvgIpc) is 3.68. The molecular weight excluding hydrogens is 573 g/mol. The first-order chi connectivity index (χ1) is 21.1. The highest BCUT2D eigenvalue weighted by molar-refractivity contribution is 7.09. The molecule has 1 aliphatic rings. The molecule has 2 N–H and O–H groups in total. The van der Waals surface area contributed by atoms with Crippen molar-refractivity contribution in [1.29, 1.82) is 0 Å². The van der Waals surface area contributed by atoms with Gasteiger partial charge in [-0.3, -0.25) is 14.6 Å². The molecule has 2 aromatic heterocycles. The van der Waals surface area contributed by atoms with Crippen molar-refractivity contribution in [2.75, 3.05) is 19.6 Å². The van der Waals surface area contributed by atoms with Crippen LogP contribution in [0, 0.1) is 13.8 Å². The number of hydrogen-bond acceptors (Lipinski definition) is 6. The smallest absolute Gasteiger partial charge is 0.254 e. The molecule has 2 aromatic carbocycles. The third-order valence-corrected chi connectivity index (χ3v) is 8.44. The summed E-state index contributed by atoms with van der Waals surface area (Å²) in [5.41, 5.74) is 3.32. The van der Waals surface area contributed by atoms with Crippen LogP contribution in [0.25, 0.3) is 0 Å². The van der Waals surface area contributed by atoms with E-state index in [1.807, 2.05) is 41.5 Å². The van der Waals surface area contributed by atoms with Gasteiger partial charge in [-0.25, -0.2) is 9.37 Å². The highest BCUT2D eigenvalue weighted by Crippen LogP contribution is 2.34. The first kappa shape index (κ1) is 33.0. The number of aromatic nitrogens is 2. The van der Waals surface area contributed by atoms with Crippen molar-refractivity contribution in [3.8, 4) is 0 Å². The Morgan fingerprint density at radius 3 is 2.48 bits per heavy atom. The quantitative estimate of drug-likeness (QED) is 0.189. The summed E-state index contributed by atoms with van der Waals surface area (Å²) in [5.74, 6) is -0.269. The molecule has 2 amide bonds. The molecule has 232 valence electrons. The lowest BCUT2D eigenvalue weighted by Gasteiger charge is -2.23. The molecule has 9 heteroatoms. The van der Waals surface area contributed by atoms with Gasteiger partial charge in [-0.05, 0) is 83.3 Å². The normalized spacial score (nSPS) is 14.6. The number of carbonyl (C=O) groups excluding carboxylic acids is 2. The Bertz CT molecular complexity index is 1520.